The van der Waals surface area contributed by atoms with Crippen LogP contribution in [-0.4, -0.2) is 57.8 Å². The van der Waals surface area contributed by atoms with E-state index in [1.54, 1.807) is 23.5 Å². The first-order chi connectivity index (χ1) is 19.7. The second kappa shape index (κ2) is 12.3. The summed E-state index contributed by atoms with van der Waals surface area (Å²) in [5.41, 5.74) is 4.37. The molecular formula is C31H34FN3O4S2. The number of hydrogen-bond acceptors (Lipinski definition) is 6. The molecule has 0 bridgehead atoms. The molecule has 0 saturated carbocycles. The van der Waals surface area contributed by atoms with Gasteiger partial charge in [-0.05, 0) is 66.6 Å². The van der Waals surface area contributed by atoms with Crippen molar-refractivity contribution in [3.8, 4) is 11.3 Å². The van der Waals surface area contributed by atoms with Crippen molar-refractivity contribution in [1.29, 1.82) is 0 Å². The van der Waals surface area contributed by atoms with Crippen molar-refractivity contribution < 1.29 is 22.0 Å². The number of benzene rings is 3. The molecule has 1 aromatic heterocycles. The molecule has 1 N–H and O–H groups in total. The fourth-order valence-corrected chi connectivity index (χ4v) is 7.39. The molecule has 1 aliphatic heterocycles. The predicted octanol–water partition coefficient (Wildman–Crippen LogP) is 6.06. The minimum atomic E-state index is -3.46. The average molecular weight is 596 g/mol. The number of halogens is 1. The van der Waals surface area contributed by atoms with Crippen LogP contribution < -0.4 is 9.62 Å². The summed E-state index contributed by atoms with van der Waals surface area (Å²) in [4.78, 5) is 13.1. The molecule has 2 heterocycles. The highest BCUT2D eigenvalue weighted by atomic mass is 32.2. The zero-order valence-corrected chi connectivity index (χ0v) is 25.0. The number of amides is 1. The van der Waals surface area contributed by atoms with E-state index in [0.717, 1.165) is 29.7 Å². The molecule has 7 nitrogen and oxygen atoms in total. The Bertz CT molecular complexity index is 1640. The van der Waals surface area contributed by atoms with Crippen LogP contribution in [0.1, 0.15) is 40.2 Å². The van der Waals surface area contributed by atoms with Crippen LogP contribution >= 0.6 is 11.9 Å². The zero-order valence-electron chi connectivity index (χ0n) is 23.4. The van der Waals surface area contributed by atoms with Gasteiger partial charge < -0.3 is 14.0 Å². The lowest BCUT2D eigenvalue weighted by molar-refractivity contribution is 0.0964. The lowest BCUT2D eigenvalue weighted by Crippen LogP contribution is -2.40. The average Bonchev–Trinajstić information content (AvgIpc) is 3.38. The van der Waals surface area contributed by atoms with E-state index in [9.17, 15) is 17.6 Å². The summed E-state index contributed by atoms with van der Waals surface area (Å²) in [6, 6.07) is 19.4. The largest absolute Gasteiger partial charge is 0.455 e. The van der Waals surface area contributed by atoms with Gasteiger partial charge in [-0.15, -0.1) is 0 Å². The summed E-state index contributed by atoms with van der Waals surface area (Å²) in [5.74, 6) is -0.329. The predicted molar refractivity (Wildman–Crippen MR) is 164 cm³/mol. The number of rotatable bonds is 9. The number of fused-ring (bicyclic) bond motifs is 1. The molecule has 0 radical (unpaired) electrons. The topological polar surface area (TPSA) is 82.9 Å². The van der Waals surface area contributed by atoms with Gasteiger partial charge in [-0.1, -0.05) is 42.3 Å². The highest BCUT2D eigenvalue weighted by Gasteiger charge is 2.32. The Morgan fingerprint density at radius 1 is 1.15 bits per heavy atom. The van der Waals surface area contributed by atoms with E-state index in [1.165, 1.54) is 24.1 Å². The van der Waals surface area contributed by atoms with Crippen LogP contribution in [0.2, 0.25) is 0 Å². The Morgan fingerprint density at radius 3 is 2.56 bits per heavy atom. The molecule has 5 rings (SSSR count). The Balaban J connectivity index is 1.54. The van der Waals surface area contributed by atoms with Gasteiger partial charge in [-0.25, -0.2) is 17.1 Å². The second-order valence-electron chi connectivity index (χ2n) is 10.2. The molecule has 0 aliphatic carbocycles. The Labute approximate surface area is 244 Å². The Morgan fingerprint density at radius 2 is 1.88 bits per heavy atom. The summed E-state index contributed by atoms with van der Waals surface area (Å²) < 4.78 is 50.4. The molecule has 0 spiro atoms. The number of nitrogens with one attached hydrogen (secondary N) is 1. The minimum Gasteiger partial charge on any atom is -0.455 e. The lowest BCUT2D eigenvalue weighted by atomic mass is 9.89. The zero-order chi connectivity index (χ0) is 29.1. The van der Waals surface area contributed by atoms with Crippen LogP contribution in [0.3, 0.4) is 0 Å². The number of aryl methyl sites for hydroxylation is 1. The minimum absolute atomic E-state index is 0.0594. The maximum absolute atomic E-state index is 13.7. The summed E-state index contributed by atoms with van der Waals surface area (Å²) in [6.45, 7) is 0.864. The van der Waals surface area contributed by atoms with Crippen LogP contribution in [0.5, 0.6) is 0 Å². The number of carbonyl (C=O) groups is 1. The first-order valence-corrected chi connectivity index (χ1v) is 16.4. The molecule has 1 aliphatic rings. The molecule has 1 fully saturated rings. The van der Waals surface area contributed by atoms with Crippen molar-refractivity contribution in [3.63, 3.8) is 0 Å². The summed E-state index contributed by atoms with van der Waals surface area (Å²) in [6.07, 6.45) is 4.00. The third-order valence-electron chi connectivity index (χ3n) is 7.72. The second-order valence-corrected chi connectivity index (χ2v) is 13.2. The number of piperidine rings is 1. The van der Waals surface area contributed by atoms with E-state index in [4.69, 9.17) is 4.42 Å². The van der Waals surface area contributed by atoms with Crippen LogP contribution in [0, 0.1) is 5.82 Å². The number of anilines is 1. The quantitative estimate of drug-likeness (QED) is 0.237. The highest BCUT2D eigenvalue weighted by molar-refractivity contribution is 7.99. The van der Waals surface area contributed by atoms with Gasteiger partial charge in [-0.3, -0.25) is 4.79 Å². The highest BCUT2D eigenvalue weighted by Crippen LogP contribution is 2.42. The molecule has 1 unspecified atom stereocenters. The number of nitrogens with zero attached hydrogens (tertiary/aromatic N) is 2. The Kier molecular flexibility index (Phi) is 8.72. The van der Waals surface area contributed by atoms with Crippen molar-refractivity contribution in [1.82, 2.24) is 9.62 Å². The third-order valence-corrected chi connectivity index (χ3v) is 10.3. The number of sulfonamides is 1. The molecule has 3 aromatic carbocycles. The van der Waals surface area contributed by atoms with Crippen LogP contribution in [0.25, 0.3) is 22.3 Å². The molecule has 1 atom stereocenters. The van der Waals surface area contributed by atoms with Crippen molar-refractivity contribution in [2.75, 3.05) is 43.5 Å². The first-order valence-electron chi connectivity index (χ1n) is 13.6. The maximum Gasteiger partial charge on any atom is 0.255 e. The van der Waals surface area contributed by atoms with Gasteiger partial charge in [0.15, 0.2) is 0 Å². The molecule has 1 amide bonds. The van der Waals surface area contributed by atoms with E-state index in [2.05, 4.69) is 5.32 Å². The molecular weight excluding hydrogens is 561 g/mol. The number of furan rings is 1. The van der Waals surface area contributed by atoms with Crippen molar-refractivity contribution in [2.24, 2.45) is 0 Å². The van der Waals surface area contributed by atoms with Crippen molar-refractivity contribution in [2.45, 2.75) is 25.2 Å². The van der Waals surface area contributed by atoms with Crippen molar-refractivity contribution in [3.05, 3.63) is 89.2 Å². The monoisotopic (exact) mass is 595 g/mol. The fraction of sp³-hybridized carbons (Fsp3) is 0.323. The maximum atomic E-state index is 13.7. The van der Waals surface area contributed by atoms with Gasteiger partial charge in [0.05, 0.1) is 17.0 Å². The molecule has 10 heteroatoms. The third kappa shape index (κ3) is 6.14. The molecule has 1 saturated heterocycles. The lowest BCUT2D eigenvalue weighted by Gasteiger charge is -2.34. The van der Waals surface area contributed by atoms with E-state index in [1.807, 2.05) is 60.1 Å². The van der Waals surface area contributed by atoms with Gasteiger partial charge in [0.2, 0.25) is 10.0 Å². The van der Waals surface area contributed by atoms with Gasteiger partial charge in [0.25, 0.3) is 5.91 Å². The summed E-state index contributed by atoms with van der Waals surface area (Å²) in [7, 11) is 0.0522. The van der Waals surface area contributed by atoms with E-state index in [-0.39, 0.29) is 23.4 Å². The van der Waals surface area contributed by atoms with Gasteiger partial charge in [0, 0.05) is 50.5 Å². The van der Waals surface area contributed by atoms with E-state index >= 15 is 0 Å². The Hall–Kier alpha value is -3.34. The van der Waals surface area contributed by atoms with Crippen LogP contribution in [0.15, 0.2) is 71.1 Å². The number of hydrogen-bond donors (Lipinski definition) is 1. The van der Waals surface area contributed by atoms with Gasteiger partial charge in [-0.2, -0.15) is 0 Å². The van der Waals surface area contributed by atoms with Crippen molar-refractivity contribution >= 4 is 44.5 Å². The smallest absolute Gasteiger partial charge is 0.255 e. The number of carbonyl (C=O) groups excluding carboxylic acids is 1. The van der Waals surface area contributed by atoms with E-state index < -0.39 is 10.0 Å². The van der Waals surface area contributed by atoms with Gasteiger partial charge in [0.1, 0.15) is 17.2 Å². The fourth-order valence-electron chi connectivity index (χ4n) is 5.47. The van der Waals surface area contributed by atoms with Crippen LogP contribution in [0.4, 0.5) is 10.1 Å². The van der Waals surface area contributed by atoms with Crippen LogP contribution in [-0.2, 0) is 16.4 Å². The SMILES string of the molecule is CNC(=O)c1c(-c2ccc(F)cc2)oc2cc(N(C)SC)c(C3CCCN(S(=O)(=O)CCc4ccccc4)C3)cc12. The normalized spacial score (nSPS) is 16.1. The first kappa shape index (κ1) is 29.2. The van der Waals surface area contributed by atoms with E-state index in [0.29, 0.717) is 47.4 Å². The van der Waals surface area contributed by atoms with Gasteiger partial charge >= 0.3 is 0 Å². The summed E-state index contributed by atoms with van der Waals surface area (Å²) in [5, 5.41) is 3.35. The molecule has 41 heavy (non-hydrogen) atoms. The standard InChI is InChI=1S/C31H34FN3O4S2/c1-33-31(36)29-26-18-25(23-10-7-16-35(20-23)41(37,38)17-15-21-8-5-4-6-9-21)27(34(2)40-3)19-28(26)39-30(29)22-11-13-24(32)14-12-22/h4-6,8-9,11-14,18-19,23H,7,10,15-17,20H2,1-3H3,(H,33,36). The summed E-state index contributed by atoms with van der Waals surface area (Å²) >= 11 is 1.54. The molecule has 4 aromatic rings. The molecule has 216 valence electrons.